The molecule has 3 aromatic carbocycles. The number of rotatable bonds is 17. The first-order valence-electron chi connectivity index (χ1n) is 18.2. The van der Waals surface area contributed by atoms with E-state index < -0.39 is 36.9 Å². The van der Waals surface area contributed by atoms with Crippen LogP contribution >= 0.6 is 11.8 Å². The number of nitro groups is 1. The number of benzene rings is 3. The van der Waals surface area contributed by atoms with Gasteiger partial charge in [0.2, 0.25) is 11.8 Å². The molecule has 294 valence electrons. The van der Waals surface area contributed by atoms with Crippen LogP contribution in [0.25, 0.3) is 0 Å². The fourth-order valence-corrected chi connectivity index (χ4v) is 8.61. The Morgan fingerprint density at radius 3 is 2.35 bits per heavy atom. The summed E-state index contributed by atoms with van der Waals surface area (Å²) in [7, 11) is 2.87. The van der Waals surface area contributed by atoms with Crippen molar-refractivity contribution in [1.82, 2.24) is 19.4 Å². The maximum absolute atomic E-state index is 14.2. The van der Waals surface area contributed by atoms with Crippen molar-refractivity contribution in [3.05, 3.63) is 113 Å². The minimum atomic E-state index is -4.59. The molecule has 2 aliphatic rings. The van der Waals surface area contributed by atoms with Crippen LogP contribution in [-0.2, 0) is 19.6 Å². The van der Waals surface area contributed by atoms with E-state index in [1.54, 1.807) is 48.1 Å². The molecule has 15 heteroatoms. The summed E-state index contributed by atoms with van der Waals surface area (Å²) in [6, 6.07) is 20.7. The van der Waals surface area contributed by atoms with Crippen LogP contribution in [0.1, 0.15) is 30.7 Å². The number of para-hydroxylation sites is 1. The van der Waals surface area contributed by atoms with Crippen LogP contribution in [0.4, 0.5) is 11.4 Å². The van der Waals surface area contributed by atoms with E-state index in [0.29, 0.717) is 31.0 Å². The first kappa shape index (κ1) is 41.5. The molecule has 1 atom stereocenters. The van der Waals surface area contributed by atoms with Gasteiger partial charge < -0.3 is 24.8 Å². The van der Waals surface area contributed by atoms with E-state index in [1.165, 1.54) is 12.1 Å². The van der Waals surface area contributed by atoms with Crippen molar-refractivity contribution in [3.8, 4) is 5.75 Å². The number of nitrogens with one attached hydrogen (secondary N) is 2. The highest BCUT2D eigenvalue weighted by molar-refractivity contribution is 7.99. The van der Waals surface area contributed by atoms with Gasteiger partial charge in [0.1, 0.15) is 11.4 Å². The molecule has 1 heterocycles. The Kier molecular flexibility index (Phi) is 14.1. The SMILES string of the molecule is COc1ccccc1C1C=CC(CCC(=O)N2CCN(C)CC2)(C(=O)NS(=O)(=O)c2ccc(N[C@H](CCN(C)C)CSc3ccccc3)c([N+](=O)[O-])c2)C=C1. The molecule has 0 radical (unpaired) electrons. The van der Waals surface area contributed by atoms with Crippen LogP contribution in [0.5, 0.6) is 5.75 Å². The normalized spacial score (nSPS) is 19.2. The number of piperazine rings is 1. The van der Waals surface area contributed by atoms with Crippen molar-refractivity contribution in [3.63, 3.8) is 0 Å². The van der Waals surface area contributed by atoms with Gasteiger partial charge >= 0.3 is 0 Å². The molecule has 1 fully saturated rings. The number of nitrogens with zero attached hydrogens (tertiary/aromatic N) is 4. The van der Waals surface area contributed by atoms with E-state index in [9.17, 15) is 28.1 Å². The lowest BCUT2D eigenvalue weighted by Gasteiger charge is -2.34. The molecule has 2 amide bonds. The smallest absolute Gasteiger partial charge is 0.293 e. The van der Waals surface area contributed by atoms with Gasteiger partial charge in [0, 0.05) is 66.8 Å². The minimum absolute atomic E-state index is 0.00850. The Morgan fingerprint density at radius 1 is 1.02 bits per heavy atom. The Morgan fingerprint density at radius 2 is 1.69 bits per heavy atom. The van der Waals surface area contributed by atoms with E-state index in [2.05, 4.69) is 14.9 Å². The monoisotopic (exact) mass is 790 g/mol. The molecule has 0 aromatic heterocycles. The van der Waals surface area contributed by atoms with Gasteiger partial charge in [0.25, 0.3) is 15.7 Å². The number of anilines is 1. The van der Waals surface area contributed by atoms with Gasteiger partial charge in [-0.25, -0.2) is 13.1 Å². The van der Waals surface area contributed by atoms with Crippen molar-refractivity contribution in [2.45, 2.75) is 41.0 Å². The van der Waals surface area contributed by atoms with Gasteiger partial charge in [-0.1, -0.05) is 60.7 Å². The second-order valence-electron chi connectivity index (χ2n) is 14.1. The fraction of sp³-hybridized carbons (Fsp3) is 0.400. The van der Waals surface area contributed by atoms with Crippen LogP contribution in [-0.4, -0.2) is 113 Å². The first-order chi connectivity index (χ1) is 26.3. The van der Waals surface area contributed by atoms with Crippen LogP contribution < -0.4 is 14.8 Å². The molecular weight excluding hydrogens is 741 g/mol. The molecule has 0 saturated carbocycles. The third-order valence-corrected chi connectivity index (χ3v) is 12.4. The summed E-state index contributed by atoms with van der Waals surface area (Å²) < 4.78 is 35.4. The number of carbonyl (C=O) groups excluding carboxylic acids is 2. The van der Waals surface area contributed by atoms with E-state index >= 15 is 0 Å². The number of nitro benzene ring substituents is 1. The summed E-state index contributed by atoms with van der Waals surface area (Å²) in [5.74, 6) is 0.0175. The maximum Gasteiger partial charge on any atom is 0.293 e. The lowest BCUT2D eigenvalue weighted by Crippen LogP contribution is -2.48. The Bertz CT molecular complexity index is 1970. The quantitative estimate of drug-likeness (QED) is 0.0784. The molecule has 1 aliphatic heterocycles. The van der Waals surface area contributed by atoms with Crippen LogP contribution in [0.2, 0.25) is 0 Å². The number of hydrogen-bond donors (Lipinski definition) is 2. The summed E-state index contributed by atoms with van der Waals surface area (Å²) >= 11 is 1.62. The van der Waals surface area contributed by atoms with Crippen molar-refractivity contribution in [2.24, 2.45) is 5.41 Å². The molecule has 2 N–H and O–H groups in total. The molecule has 0 unspecified atom stereocenters. The topological polar surface area (TPSA) is 154 Å². The third-order valence-electron chi connectivity index (χ3n) is 9.91. The molecule has 1 saturated heterocycles. The van der Waals surface area contributed by atoms with Crippen molar-refractivity contribution >= 4 is 45.0 Å². The van der Waals surface area contributed by atoms with Crippen molar-refractivity contribution < 1.29 is 27.7 Å². The third kappa shape index (κ3) is 11.0. The highest BCUT2D eigenvalue weighted by Crippen LogP contribution is 2.39. The number of methoxy groups -OCH3 is 1. The largest absolute Gasteiger partial charge is 0.496 e. The predicted octanol–water partition coefficient (Wildman–Crippen LogP) is 5.38. The van der Waals surface area contributed by atoms with E-state index in [-0.39, 0.29) is 36.4 Å². The zero-order valence-corrected chi connectivity index (χ0v) is 33.4. The average molecular weight is 791 g/mol. The Labute approximate surface area is 328 Å². The zero-order chi connectivity index (χ0) is 39.6. The predicted molar refractivity (Wildman–Crippen MR) is 216 cm³/mol. The minimum Gasteiger partial charge on any atom is -0.496 e. The molecule has 1 aliphatic carbocycles. The molecular formula is C40H50N6O7S2. The van der Waals surface area contributed by atoms with Gasteiger partial charge in [-0.2, -0.15) is 0 Å². The van der Waals surface area contributed by atoms with Crippen LogP contribution in [0.15, 0.2) is 107 Å². The molecule has 0 spiro atoms. The van der Waals surface area contributed by atoms with Gasteiger partial charge in [-0.3, -0.25) is 19.7 Å². The molecule has 0 bridgehead atoms. The summed E-state index contributed by atoms with van der Waals surface area (Å²) in [4.78, 5) is 45.7. The number of allylic oxidation sites excluding steroid dienone is 2. The standard InChI is InChI=1S/C40H50N6O7S2/c1-43(2)23-19-31(29-54-32-10-6-5-7-11-32)41-35-15-14-33(28-36(35)46(49)50)55(51,52)42-39(48)40(22-18-38(47)45-26-24-44(3)25-27-45)20-16-30(17-21-40)34-12-8-9-13-37(34)53-4/h5-17,20-21,28,30-31,41H,18-19,22-27,29H2,1-4H3,(H,42,48)/t30?,31-,40?/m1/s1. The molecule has 55 heavy (non-hydrogen) atoms. The highest BCUT2D eigenvalue weighted by Gasteiger charge is 2.39. The van der Waals surface area contributed by atoms with Crippen molar-refractivity contribution in [2.75, 3.05) is 72.0 Å². The maximum atomic E-state index is 14.2. The number of amides is 2. The van der Waals surface area contributed by atoms with E-state index in [4.69, 9.17) is 4.74 Å². The fourth-order valence-electron chi connectivity index (χ4n) is 6.55. The molecule has 13 nitrogen and oxygen atoms in total. The van der Waals surface area contributed by atoms with Gasteiger partial charge in [0.05, 0.1) is 22.3 Å². The van der Waals surface area contributed by atoms with Crippen molar-refractivity contribution in [1.29, 1.82) is 0 Å². The Hall–Kier alpha value is -4.70. The van der Waals surface area contributed by atoms with Crippen LogP contribution in [0, 0.1) is 15.5 Å². The average Bonchev–Trinajstić information content (AvgIpc) is 3.18. The van der Waals surface area contributed by atoms with Gasteiger partial charge in [-0.05, 0) is 70.9 Å². The number of ether oxygens (including phenoxy) is 1. The number of likely N-dealkylation sites (N-methyl/N-ethyl adjacent to an activating group) is 1. The van der Waals surface area contributed by atoms with Gasteiger partial charge in [-0.15, -0.1) is 11.8 Å². The first-order valence-corrected chi connectivity index (χ1v) is 20.7. The van der Waals surface area contributed by atoms with E-state index in [1.807, 2.05) is 80.6 Å². The highest BCUT2D eigenvalue weighted by atomic mass is 32.2. The number of hydrogen-bond acceptors (Lipinski definition) is 11. The lowest BCUT2D eigenvalue weighted by molar-refractivity contribution is -0.384. The summed E-state index contributed by atoms with van der Waals surface area (Å²) in [5.41, 5.74) is -0.889. The lowest BCUT2D eigenvalue weighted by atomic mass is 9.76. The number of thioether (sulfide) groups is 1. The summed E-state index contributed by atoms with van der Waals surface area (Å²) in [6.45, 7) is 3.33. The second-order valence-corrected chi connectivity index (χ2v) is 16.9. The zero-order valence-electron chi connectivity index (χ0n) is 31.7. The van der Waals surface area contributed by atoms with Gasteiger partial charge in [0.15, 0.2) is 0 Å². The summed E-state index contributed by atoms with van der Waals surface area (Å²) in [6.07, 6.45) is 7.60. The summed E-state index contributed by atoms with van der Waals surface area (Å²) in [5, 5.41) is 15.6. The molecule has 3 aromatic rings. The van der Waals surface area contributed by atoms with Crippen LogP contribution in [0.3, 0.4) is 0 Å². The number of sulfonamides is 1. The Balaban J connectivity index is 1.37. The number of carbonyl (C=O) groups is 2. The second kappa shape index (κ2) is 18.8. The molecule has 5 rings (SSSR count). The van der Waals surface area contributed by atoms with E-state index in [0.717, 1.165) is 36.2 Å².